The van der Waals surface area contributed by atoms with Gasteiger partial charge in [-0.3, -0.25) is 0 Å². The highest BCUT2D eigenvalue weighted by molar-refractivity contribution is 5.20. The quantitative estimate of drug-likeness (QED) is 0.863. The van der Waals surface area contributed by atoms with Gasteiger partial charge in [-0.25, -0.2) is 0 Å². The van der Waals surface area contributed by atoms with E-state index in [1.54, 1.807) is 0 Å². The Balaban J connectivity index is 1.88. The van der Waals surface area contributed by atoms with Crippen LogP contribution in [0.4, 0.5) is 0 Å². The molecule has 2 atom stereocenters. The van der Waals surface area contributed by atoms with E-state index < -0.39 is 0 Å². The number of nitrogens with zero attached hydrogens (tertiary/aromatic N) is 1. The first-order valence-electron chi connectivity index (χ1n) is 6.62. The SMILES string of the molecule is CC(C)C(O)CN1CCC(c2ccccc2)C1. The molecular formula is C15H23NO. The zero-order chi connectivity index (χ0) is 12.3. The Kier molecular flexibility index (Phi) is 4.19. The first-order valence-corrected chi connectivity index (χ1v) is 6.62. The van der Waals surface area contributed by atoms with Crippen molar-refractivity contribution >= 4 is 0 Å². The van der Waals surface area contributed by atoms with E-state index in [-0.39, 0.29) is 6.10 Å². The van der Waals surface area contributed by atoms with E-state index >= 15 is 0 Å². The molecule has 1 heterocycles. The maximum absolute atomic E-state index is 9.90. The van der Waals surface area contributed by atoms with Gasteiger partial charge in [-0.2, -0.15) is 0 Å². The van der Waals surface area contributed by atoms with Crippen molar-refractivity contribution in [1.82, 2.24) is 4.90 Å². The van der Waals surface area contributed by atoms with Crippen LogP contribution in [0.2, 0.25) is 0 Å². The molecule has 1 fully saturated rings. The minimum absolute atomic E-state index is 0.190. The Morgan fingerprint density at radius 2 is 2.00 bits per heavy atom. The van der Waals surface area contributed by atoms with Crippen LogP contribution in [0.5, 0.6) is 0 Å². The minimum Gasteiger partial charge on any atom is -0.392 e. The van der Waals surface area contributed by atoms with Crippen molar-refractivity contribution in [2.24, 2.45) is 5.92 Å². The molecule has 1 aromatic rings. The van der Waals surface area contributed by atoms with Crippen molar-refractivity contribution < 1.29 is 5.11 Å². The van der Waals surface area contributed by atoms with Crippen LogP contribution in [0.1, 0.15) is 31.7 Å². The van der Waals surface area contributed by atoms with Gasteiger partial charge >= 0.3 is 0 Å². The second-order valence-corrected chi connectivity index (χ2v) is 5.47. The van der Waals surface area contributed by atoms with Crippen molar-refractivity contribution in [1.29, 1.82) is 0 Å². The van der Waals surface area contributed by atoms with Crippen LogP contribution < -0.4 is 0 Å². The second kappa shape index (κ2) is 5.65. The largest absolute Gasteiger partial charge is 0.392 e. The molecular weight excluding hydrogens is 210 g/mol. The summed E-state index contributed by atoms with van der Waals surface area (Å²) in [6.45, 7) is 7.18. The zero-order valence-electron chi connectivity index (χ0n) is 10.8. The van der Waals surface area contributed by atoms with Gasteiger partial charge < -0.3 is 10.0 Å². The monoisotopic (exact) mass is 233 g/mol. The predicted octanol–water partition coefficient (Wildman–Crippen LogP) is 2.49. The van der Waals surface area contributed by atoms with Crippen LogP contribution in [0, 0.1) is 5.92 Å². The molecule has 1 aliphatic rings. The fourth-order valence-corrected chi connectivity index (χ4v) is 2.47. The average molecular weight is 233 g/mol. The fourth-order valence-electron chi connectivity index (χ4n) is 2.47. The maximum Gasteiger partial charge on any atom is 0.0689 e. The average Bonchev–Trinajstić information content (AvgIpc) is 2.78. The van der Waals surface area contributed by atoms with E-state index in [0.717, 1.165) is 19.6 Å². The molecule has 1 N–H and O–H groups in total. The molecule has 0 radical (unpaired) electrons. The van der Waals surface area contributed by atoms with E-state index in [2.05, 4.69) is 49.1 Å². The molecule has 0 spiro atoms. The number of rotatable bonds is 4. The third kappa shape index (κ3) is 3.30. The first kappa shape index (κ1) is 12.6. The summed E-state index contributed by atoms with van der Waals surface area (Å²) in [5.74, 6) is 1.00. The molecule has 0 amide bonds. The molecule has 2 rings (SSSR count). The van der Waals surface area contributed by atoms with E-state index in [4.69, 9.17) is 0 Å². The molecule has 1 aliphatic heterocycles. The fraction of sp³-hybridized carbons (Fsp3) is 0.600. The summed E-state index contributed by atoms with van der Waals surface area (Å²) in [7, 11) is 0. The normalized spacial score (nSPS) is 23.2. The van der Waals surface area contributed by atoms with Gasteiger partial charge in [0.25, 0.3) is 0 Å². The molecule has 0 aromatic heterocycles. The Hall–Kier alpha value is -0.860. The number of aliphatic hydroxyl groups excluding tert-OH is 1. The minimum atomic E-state index is -0.190. The molecule has 1 aromatic carbocycles. The lowest BCUT2D eigenvalue weighted by atomic mass is 9.99. The molecule has 2 unspecified atom stereocenters. The summed E-state index contributed by atoms with van der Waals surface area (Å²) in [5, 5.41) is 9.90. The van der Waals surface area contributed by atoms with E-state index in [1.165, 1.54) is 12.0 Å². The van der Waals surface area contributed by atoms with Crippen LogP contribution in [0.25, 0.3) is 0 Å². The molecule has 17 heavy (non-hydrogen) atoms. The smallest absolute Gasteiger partial charge is 0.0689 e. The lowest BCUT2D eigenvalue weighted by Gasteiger charge is -2.22. The molecule has 0 aliphatic carbocycles. The summed E-state index contributed by atoms with van der Waals surface area (Å²) in [4.78, 5) is 2.39. The Bertz CT molecular complexity index is 336. The first-order chi connectivity index (χ1) is 8.16. The number of likely N-dealkylation sites (tertiary alicyclic amines) is 1. The highest BCUT2D eigenvalue weighted by Crippen LogP contribution is 2.27. The van der Waals surface area contributed by atoms with Crippen molar-refractivity contribution in [3.05, 3.63) is 35.9 Å². The van der Waals surface area contributed by atoms with Crippen LogP contribution in [-0.2, 0) is 0 Å². The van der Waals surface area contributed by atoms with Crippen LogP contribution >= 0.6 is 0 Å². The molecule has 0 saturated carbocycles. The van der Waals surface area contributed by atoms with Crippen LogP contribution in [0.15, 0.2) is 30.3 Å². The second-order valence-electron chi connectivity index (χ2n) is 5.47. The van der Waals surface area contributed by atoms with Gasteiger partial charge in [-0.1, -0.05) is 44.2 Å². The van der Waals surface area contributed by atoms with Gasteiger partial charge in [-0.05, 0) is 30.4 Å². The Labute approximate surface area is 104 Å². The van der Waals surface area contributed by atoms with Crippen molar-refractivity contribution in [3.8, 4) is 0 Å². The van der Waals surface area contributed by atoms with Gasteiger partial charge in [0.1, 0.15) is 0 Å². The molecule has 1 saturated heterocycles. The van der Waals surface area contributed by atoms with E-state index in [9.17, 15) is 5.11 Å². The predicted molar refractivity (Wildman–Crippen MR) is 71.1 cm³/mol. The van der Waals surface area contributed by atoms with E-state index in [0.29, 0.717) is 11.8 Å². The number of hydrogen-bond acceptors (Lipinski definition) is 2. The summed E-state index contributed by atoms with van der Waals surface area (Å²) >= 11 is 0. The van der Waals surface area contributed by atoms with E-state index in [1.807, 2.05) is 0 Å². The number of aliphatic hydroxyl groups is 1. The Morgan fingerprint density at radius 3 is 2.65 bits per heavy atom. The molecule has 2 heteroatoms. The lowest BCUT2D eigenvalue weighted by Crippen LogP contribution is -2.33. The Morgan fingerprint density at radius 1 is 1.29 bits per heavy atom. The molecule has 0 bridgehead atoms. The van der Waals surface area contributed by atoms with Crippen LogP contribution in [0.3, 0.4) is 0 Å². The molecule has 94 valence electrons. The summed E-state index contributed by atoms with van der Waals surface area (Å²) in [5.41, 5.74) is 1.44. The number of benzene rings is 1. The number of hydrogen-bond donors (Lipinski definition) is 1. The lowest BCUT2D eigenvalue weighted by molar-refractivity contribution is 0.0851. The summed E-state index contributed by atoms with van der Waals surface area (Å²) in [6, 6.07) is 10.7. The van der Waals surface area contributed by atoms with Gasteiger partial charge in [-0.15, -0.1) is 0 Å². The standard InChI is InChI=1S/C15H23NO/c1-12(2)15(17)11-16-9-8-14(10-16)13-6-4-3-5-7-13/h3-7,12,14-15,17H,8-11H2,1-2H3. The van der Waals surface area contributed by atoms with Gasteiger partial charge in [0, 0.05) is 13.1 Å². The highest BCUT2D eigenvalue weighted by atomic mass is 16.3. The number of β-amino-alcohol motifs (C(OH)–C–C–N with tert-alkyl or cyclic N) is 1. The van der Waals surface area contributed by atoms with Crippen molar-refractivity contribution in [2.75, 3.05) is 19.6 Å². The summed E-state index contributed by atoms with van der Waals surface area (Å²) in [6.07, 6.45) is 1.03. The van der Waals surface area contributed by atoms with Crippen LogP contribution in [-0.4, -0.2) is 35.7 Å². The molecule has 2 nitrogen and oxygen atoms in total. The topological polar surface area (TPSA) is 23.5 Å². The summed E-state index contributed by atoms with van der Waals surface area (Å²) < 4.78 is 0. The van der Waals surface area contributed by atoms with Crippen molar-refractivity contribution in [3.63, 3.8) is 0 Å². The maximum atomic E-state index is 9.90. The third-order valence-corrected chi connectivity index (χ3v) is 3.76. The highest BCUT2D eigenvalue weighted by Gasteiger charge is 2.25. The van der Waals surface area contributed by atoms with Gasteiger partial charge in [0.2, 0.25) is 0 Å². The zero-order valence-corrected chi connectivity index (χ0v) is 10.8. The van der Waals surface area contributed by atoms with Crippen molar-refractivity contribution in [2.45, 2.75) is 32.3 Å². The van der Waals surface area contributed by atoms with Gasteiger partial charge in [0.15, 0.2) is 0 Å². The van der Waals surface area contributed by atoms with Gasteiger partial charge in [0.05, 0.1) is 6.10 Å². The third-order valence-electron chi connectivity index (χ3n) is 3.76.